The Balaban J connectivity index is 1.52. The maximum atomic E-state index is 4.50. The van der Waals surface area contributed by atoms with Crippen LogP contribution in [0.2, 0.25) is 0 Å². The number of hydrogen-bond acceptors (Lipinski definition) is 2. The molecule has 0 aliphatic heterocycles. The van der Waals surface area contributed by atoms with Crippen LogP contribution in [-0.2, 0) is 0 Å². The average Bonchev–Trinajstić information content (AvgIpc) is 2.70. The van der Waals surface area contributed by atoms with E-state index < -0.39 is 0 Å². The van der Waals surface area contributed by atoms with Crippen LogP contribution in [0.4, 0.5) is 5.82 Å². The summed E-state index contributed by atoms with van der Waals surface area (Å²) in [6, 6.07) is 2.87. The standard InChI is InChI=1S/C14H17BrN2/c1-7-4-10(15)6-16-14(7)17-13-11-8-2-3-9(5-8)12(11)13/h4,6,8-9,11-13H,2-3,5H2,1H3,(H,16,17). The van der Waals surface area contributed by atoms with E-state index in [1.165, 1.54) is 24.8 Å². The van der Waals surface area contributed by atoms with Crippen LogP contribution in [-0.4, -0.2) is 11.0 Å². The van der Waals surface area contributed by atoms with E-state index in [-0.39, 0.29) is 0 Å². The highest BCUT2D eigenvalue weighted by atomic mass is 79.9. The van der Waals surface area contributed by atoms with Crippen molar-refractivity contribution in [3.63, 3.8) is 0 Å². The molecular weight excluding hydrogens is 276 g/mol. The van der Waals surface area contributed by atoms with Gasteiger partial charge in [-0.25, -0.2) is 4.98 Å². The number of nitrogens with one attached hydrogen (secondary N) is 1. The van der Waals surface area contributed by atoms with Crippen molar-refractivity contribution in [3.05, 3.63) is 22.3 Å². The summed E-state index contributed by atoms with van der Waals surface area (Å²) in [5.41, 5.74) is 1.25. The molecule has 3 saturated carbocycles. The van der Waals surface area contributed by atoms with Gasteiger partial charge in [0.1, 0.15) is 5.82 Å². The zero-order valence-corrected chi connectivity index (χ0v) is 11.6. The van der Waals surface area contributed by atoms with Gasteiger partial charge < -0.3 is 5.32 Å². The van der Waals surface area contributed by atoms with Gasteiger partial charge in [0, 0.05) is 16.7 Å². The van der Waals surface area contributed by atoms with Crippen LogP contribution in [0.5, 0.6) is 0 Å². The molecule has 0 saturated heterocycles. The largest absolute Gasteiger partial charge is 0.367 e. The number of hydrogen-bond donors (Lipinski definition) is 1. The summed E-state index contributed by atoms with van der Waals surface area (Å²) in [7, 11) is 0. The molecule has 1 aromatic rings. The lowest BCUT2D eigenvalue weighted by atomic mass is 10.0. The maximum absolute atomic E-state index is 4.50. The minimum atomic E-state index is 0.730. The zero-order chi connectivity index (χ0) is 11.6. The minimum Gasteiger partial charge on any atom is -0.367 e. The maximum Gasteiger partial charge on any atom is 0.129 e. The number of fused-ring (bicyclic) bond motifs is 5. The molecule has 3 aliphatic carbocycles. The quantitative estimate of drug-likeness (QED) is 0.901. The topological polar surface area (TPSA) is 24.9 Å². The molecule has 0 aromatic carbocycles. The van der Waals surface area contributed by atoms with E-state index in [0.717, 1.165) is 40.0 Å². The number of nitrogens with zero attached hydrogens (tertiary/aromatic N) is 1. The third kappa shape index (κ3) is 1.48. The third-order valence-electron chi connectivity index (χ3n) is 5.08. The van der Waals surface area contributed by atoms with Gasteiger partial charge in [0.25, 0.3) is 0 Å². The third-order valence-corrected chi connectivity index (χ3v) is 5.52. The van der Waals surface area contributed by atoms with Crippen LogP contribution in [0.3, 0.4) is 0 Å². The highest BCUT2D eigenvalue weighted by molar-refractivity contribution is 9.10. The van der Waals surface area contributed by atoms with Gasteiger partial charge in [-0.2, -0.15) is 0 Å². The van der Waals surface area contributed by atoms with Crippen LogP contribution in [0.15, 0.2) is 16.7 Å². The Morgan fingerprint density at radius 2 is 2.00 bits per heavy atom. The first-order chi connectivity index (χ1) is 8.24. The summed E-state index contributed by atoms with van der Waals surface area (Å²) in [6.07, 6.45) is 6.37. The van der Waals surface area contributed by atoms with Gasteiger partial charge in [0.2, 0.25) is 0 Å². The molecule has 90 valence electrons. The Kier molecular flexibility index (Phi) is 2.11. The van der Waals surface area contributed by atoms with Gasteiger partial charge in [0.15, 0.2) is 0 Å². The van der Waals surface area contributed by atoms with E-state index >= 15 is 0 Å². The molecule has 1 heterocycles. The van der Waals surface area contributed by atoms with Crippen LogP contribution in [0.25, 0.3) is 0 Å². The van der Waals surface area contributed by atoms with Gasteiger partial charge in [-0.3, -0.25) is 0 Å². The van der Waals surface area contributed by atoms with Crippen molar-refractivity contribution in [2.45, 2.75) is 32.2 Å². The first kappa shape index (κ1) is 10.4. The Labute approximate surface area is 110 Å². The predicted molar refractivity (Wildman–Crippen MR) is 71.9 cm³/mol. The molecule has 1 N–H and O–H groups in total. The number of halogens is 1. The highest BCUT2D eigenvalue weighted by Crippen LogP contribution is 2.66. The van der Waals surface area contributed by atoms with Crippen molar-refractivity contribution < 1.29 is 0 Å². The van der Waals surface area contributed by atoms with Gasteiger partial charge >= 0.3 is 0 Å². The molecule has 3 aliphatic rings. The van der Waals surface area contributed by atoms with Crippen molar-refractivity contribution in [2.75, 3.05) is 5.32 Å². The number of rotatable bonds is 2. The average molecular weight is 293 g/mol. The highest BCUT2D eigenvalue weighted by Gasteiger charge is 2.65. The molecule has 4 rings (SSSR count). The number of pyridine rings is 1. The summed E-state index contributed by atoms with van der Waals surface area (Å²) < 4.78 is 1.07. The van der Waals surface area contributed by atoms with E-state index in [0.29, 0.717) is 0 Å². The second-order valence-electron chi connectivity index (χ2n) is 5.98. The fourth-order valence-electron chi connectivity index (χ4n) is 4.37. The molecule has 4 unspecified atom stereocenters. The monoisotopic (exact) mass is 292 g/mol. The Hall–Kier alpha value is -0.570. The van der Waals surface area contributed by atoms with Crippen LogP contribution in [0, 0.1) is 30.6 Å². The lowest BCUT2D eigenvalue weighted by Crippen LogP contribution is -2.14. The van der Waals surface area contributed by atoms with Gasteiger partial charge in [-0.1, -0.05) is 0 Å². The SMILES string of the molecule is Cc1cc(Br)cnc1NC1C2C3CCC(C3)C12. The lowest BCUT2D eigenvalue weighted by molar-refractivity contribution is 0.456. The molecule has 0 radical (unpaired) electrons. The smallest absolute Gasteiger partial charge is 0.129 e. The molecule has 0 spiro atoms. The van der Waals surface area contributed by atoms with Crippen LogP contribution >= 0.6 is 15.9 Å². The second-order valence-corrected chi connectivity index (χ2v) is 6.89. The number of aromatic nitrogens is 1. The van der Waals surface area contributed by atoms with Crippen molar-refractivity contribution >= 4 is 21.7 Å². The van der Waals surface area contributed by atoms with E-state index in [9.17, 15) is 0 Å². The molecule has 0 amide bonds. The van der Waals surface area contributed by atoms with Crippen molar-refractivity contribution in [1.82, 2.24) is 4.98 Å². The van der Waals surface area contributed by atoms with E-state index in [1.54, 1.807) is 0 Å². The zero-order valence-electron chi connectivity index (χ0n) is 9.99. The number of anilines is 1. The first-order valence-corrected chi connectivity index (χ1v) is 7.42. The molecule has 3 fully saturated rings. The minimum absolute atomic E-state index is 0.730. The Morgan fingerprint density at radius 3 is 2.65 bits per heavy atom. The van der Waals surface area contributed by atoms with Crippen molar-refractivity contribution in [2.24, 2.45) is 23.7 Å². The van der Waals surface area contributed by atoms with E-state index in [1.807, 2.05) is 6.20 Å². The van der Waals surface area contributed by atoms with Crippen LogP contribution < -0.4 is 5.32 Å². The molecular formula is C14H17BrN2. The lowest BCUT2D eigenvalue weighted by Gasteiger charge is -2.12. The first-order valence-electron chi connectivity index (χ1n) is 6.63. The predicted octanol–water partition coefficient (Wildman–Crippen LogP) is 3.61. The summed E-state index contributed by atoms with van der Waals surface area (Å²) in [4.78, 5) is 4.50. The van der Waals surface area contributed by atoms with Gasteiger partial charge in [0.05, 0.1) is 0 Å². The van der Waals surface area contributed by atoms with Crippen molar-refractivity contribution in [3.8, 4) is 0 Å². The molecule has 17 heavy (non-hydrogen) atoms. The fourth-order valence-corrected chi connectivity index (χ4v) is 4.81. The molecule has 4 atom stereocenters. The summed E-state index contributed by atoms with van der Waals surface area (Å²) >= 11 is 3.47. The van der Waals surface area contributed by atoms with Gasteiger partial charge in [-0.15, -0.1) is 0 Å². The normalized spacial score (nSPS) is 41.4. The molecule has 2 nitrogen and oxygen atoms in total. The summed E-state index contributed by atoms with van der Waals surface area (Å²) in [5, 5.41) is 3.68. The Morgan fingerprint density at radius 1 is 1.29 bits per heavy atom. The van der Waals surface area contributed by atoms with Crippen LogP contribution in [0.1, 0.15) is 24.8 Å². The summed E-state index contributed by atoms with van der Waals surface area (Å²) in [5.74, 6) is 5.08. The summed E-state index contributed by atoms with van der Waals surface area (Å²) in [6.45, 7) is 2.13. The van der Waals surface area contributed by atoms with Crippen molar-refractivity contribution in [1.29, 1.82) is 0 Å². The molecule has 2 bridgehead atoms. The van der Waals surface area contributed by atoms with E-state index in [2.05, 4.69) is 39.2 Å². The molecule has 3 heteroatoms. The second kappa shape index (κ2) is 3.47. The Bertz CT molecular complexity index is 457. The fraction of sp³-hybridized carbons (Fsp3) is 0.643. The van der Waals surface area contributed by atoms with E-state index in [4.69, 9.17) is 0 Å². The number of aryl methyl sites for hydroxylation is 1. The molecule has 1 aromatic heterocycles. The van der Waals surface area contributed by atoms with Gasteiger partial charge in [-0.05, 0) is 77.4 Å².